The molecule has 4 N–H and O–H groups in total. The molecule has 2 aromatic carbocycles. The van der Waals surface area contributed by atoms with Crippen LogP contribution in [0.4, 0.5) is 4.79 Å². The van der Waals surface area contributed by atoms with E-state index in [9.17, 15) is 18.3 Å². The molecule has 0 fully saturated rings. The molecule has 0 aromatic heterocycles. The second-order valence-electron chi connectivity index (χ2n) is 7.06. The number of rotatable bonds is 9. The minimum atomic E-state index is -3.77. The van der Waals surface area contributed by atoms with Gasteiger partial charge < -0.3 is 20.1 Å². The van der Waals surface area contributed by atoms with E-state index in [1.54, 1.807) is 26.0 Å². The minimum Gasteiger partial charge on any atom is -0.494 e. The molecule has 30 heavy (non-hydrogen) atoms. The second-order valence-corrected chi connectivity index (χ2v) is 8.62. The van der Waals surface area contributed by atoms with Gasteiger partial charge in [-0.05, 0) is 44.5 Å². The lowest BCUT2D eigenvalue weighted by molar-refractivity contribution is 0.127. The number of aliphatic hydroxyl groups is 1. The van der Waals surface area contributed by atoms with Crippen molar-refractivity contribution in [1.29, 1.82) is 0 Å². The van der Waals surface area contributed by atoms with Gasteiger partial charge in [0.15, 0.2) is 0 Å². The fourth-order valence-electron chi connectivity index (χ4n) is 2.98. The van der Waals surface area contributed by atoms with Gasteiger partial charge in [-0.3, -0.25) is 0 Å². The Kier molecular flexibility index (Phi) is 8.22. The van der Waals surface area contributed by atoms with Crippen molar-refractivity contribution in [2.45, 2.75) is 44.4 Å². The Hall–Kier alpha value is -2.62. The SMILES string of the molecule is CCOc1ccccc1CN(C[C@@H](C)O)C(=O)N[C@H](C)c1ccc(S(N)(=O)=O)cc1. The minimum absolute atomic E-state index is 0.00744. The number of sulfonamides is 1. The molecule has 2 aromatic rings. The molecular weight excluding hydrogens is 406 g/mol. The highest BCUT2D eigenvalue weighted by atomic mass is 32.2. The topological polar surface area (TPSA) is 122 Å². The van der Waals surface area contributed by atoms with Crippen molar-refractivity contribution < 1.29 is 23.1 Å². The lowest BCUT2D eigenvalue weighted by Gasteiger charge is -2.27. The number of ether oxygens (including phenoxy) is 1. The van der Waals surface area contributed by atoms with Crippen LogP contribution >= 0.6 is 0 Å². The molecule has 0 saturated heterocycles. The molecule has 164 valence electrons. The summed E-state index contributed by atoms with van der Waals surface area (Å²) in [4.78, 5) is 14.4. The number of hydrogen-bond acceptors (Lipinski definition) is 5. The van der Waals surface area contributed by atoms with Gasteiger partial charge in [0.05, 0.1) is 30.2 Å². The Morgan fingerprint density at radius 2 is 1.80 bits per heavy atom. The molecule has 2 amide bonds. The summed E-state index contributed by atoms with van der Waals surface area (Å²) in [6.07, 6.45) is -0.709. The quantitative estimate of drug-likeness (QED) is 0.558. The van der Waals surface area contributed by atoms with Gasteiger partial charge in [0.2, 0.25) is 10.0 Å². The predicted molar refractivity (Wildman–Crippen MR) is 114 cm³/mol. The summed E-state index contributed by atoms with van der Waals surface area (Å²) in [5.74, 6) is 0.690. The van der Waals surface area contributed by atoms with Crippen molar-refractivity contribution in [3.8, 4) is 5.75 Å². The Morgan fingerprint density at radius 1 is 1.17 bits per heavy atom. The third kappa shape index (κ3) is 6.72. The van der Waals surface area contributed by atoms with Crippen LogP contribution in [0, 0.1) is 0 Å². The zero-order chi connectivity index (χ0) is 22.3. The van der Waals surface area contributed by atoms with Crippen LogP contribution in [0.3, 0.4) is 0 Å². The van der Waals surface area contributed by atoms with E-state index in [1.807, 2.05) is 31.2 Å². The van der Waals surface area contributed by atoms with Crippen LogP contribution in [-0.4, -0.2) is 43.7 Å². The van der Waals surface area contributed by atoms with Crippen molar-refractivity contribution in [1.82, 2.24) is 10.2 Å². The van der Waals surface area contributed by atoms with Crippen molar-refractivity contribution in [3.05, 3.63) is 59.7 Å². The van der Waals surface area contributed by atoms with Gasteiger partial charge in [-0.25, -0.2) is 18.4 Å². The number of carbonyl (C=O) groups is 1. The third-order valence-corrected chi connectivity index (χ3v) is 5.38. The monoisotopic (exact) mass is 435 g/mol. The molecule has 2 rings (SSSR count). The summed E-state index contributed by atoms with van der Waals surface area (Å²) in [6, 6.07) is 12.7. The number of aliphatic hydroxyl groups excluding tert-OH is 1. The number of hydrogen-bond donors (Lipinski definition) is 3. The first-order valence-electron chi connectivity index (χ1n) is 9.68. The number of amides is 2. The Balaban J connectivity index is 2.15. The lowest BCUT2D eigenvalue weighted by atomic mass is 10.1. The molecule has 2 atom stereocenters. The van der Waals surface area contributed by atoms with Gasteiger partial charge >= 0.3 is 6.03 Å². The highest BCUT2D eigenvalue weighted by Crippen LogP contribution is 2.21. The molecule has 0 aliphatic rings. The molecule has 8 nitrogen and oxygen atoms in total. The van der Waals surface area contributed by atoms with E-state index in [-0.39, 0.29) is 30.1 Å². The number of nitrogens with one attached hydrogen (secondary N) is 1. The van der Waals surface area contributed by atoms with E-state index in [1.165, 1.54) is 17.0 Å². The number of urea groups is 1. The maximum atomic E-state index is 12.9. The lowest BCUT2D eigenvalue weighted by Crippen LogP contribution is -2.43. The smallest absolute Gasteiger partial charge is 0.318 e. The molecule has 0 aliphatic carbocycles. The molecule has 0 saturated carbocycles. The van der Waals surface area contributed by atoms with Gasteiger partial charge in [0, 0.05) is 12.1 Å². The van der Waals surface area contributed by atoms with Crippen LogP contribution in [0.15, 0.2) is 53.4 Å². The summed E-state index contributed by atoms with van der Waals surface area (Å²) < 4.78 is 28.4. The Bertz CT molecular complexity index is 945. The first-order chi connectivity index (χ1) is 14.1. The van der Waals surface area contributed by atoms with Crippen LogP contribution < -0.4 is 15.2 Å². The first kappa shape index (κ1) is 23.7. The highest BCUT2D eigenvalue weighted by Gasteiger charge is 2.20. The van der Waals surface area contributed by atoms with Crippen molar-refractivity contribution in [3.63, 3.8) is 0 Å². The molecule has 0 radical (unpaired) electrons. The predicted octanol–water partition coefficient (Wildman–Crippen LogP) is 2.39. The molecule has 0 spiro atoms. The Labute approximate surface area is 177 Å². The van der Waals surface area contributed by atoms with Crippen LogP contribution in [0.5, 0.6) is 5.75 Å². The standard InChI is InChI=1S/C21H29N3O5S/c1-4-29-20-8-6-5-7-18(20)14-24(13-15(2)25)21(26)23-16(3)17-9-11-19(12-10-17)30(22,27)28/h5-12,15-16,25H,4,13-14H2,1-3H3,(H,23,26)(H2,22,27,28)/t15-,16-/m1/s1. The fourth-order valence-corrected chi connectivity index (χ4v) is 3.50. The molecule has 0 aliphatic heterocycles. The summed E-state index contributed by atoms with van der Waals surface area (Å²) in [5, 5.41) is 17.9. The first-order valence-corrected chi connectivity index (χ1v) is 11.2. The van der Waals surface area contributed by atoms with E-state index in [0.29, 0.717) is 12.4 Å². The molecule has 9 heteroatoms. The summed E-state index contributed by atoms with van der Waals surface area (Å²) in [7, 11) is -3.77. The Morgan fingerprint density at radius 3 is 2.37 bits per heavy atom. The van der Waals surface area contributed by atoms with Gasteiger partial charge in [-0.1, -0.05) is 30.3 Å². The normalized spacial score (nSPS) is 13.4. The largest absolute Gasteiger partial charge is 0.494 e. The van der Waals surface area contributed by atoms with Crippen molar-refractivity contribution >= 4 is 16.1 Å². The number of benzene rings is 2. The number of nitrogens with zero attached hydrogens (tertiary/aromatic N) is 1. The van der Waals surface area contributed by atoms with Crippen LogP contribution in [0.25, 0.3) is 0 Å². The summed E-state index contributed by atoms with van der Waals surface area (Å²) >= 11 is 0. The number of carbonyl (C=O) groups excluding carboxylic acids is 1. The maximum Gasteiger partial charge on any atom is 0.318 e. The van der Waals surface area contributed by atoms with E-state index >= 15 is 0 Å². The molecule has 0 bridgehead atoms. The van der Waals surface area contributed by atoms with Crippen molar-refractivity contribution in [2.24, 2.45) is 5.14 Å². The number of nitrogens with two attached hydrogens (primary N) is 1. The highest BCUT2D eigenvalue weighted by molar-refractivity contribution is 7.89. The van der Waals surface area contributed by atoms with Crippen LogP contribution in [0.2, 0.25) is 0 Å². The van der Waals surface area contributed by atoms with Crippen LogP contribution in [0.1, 0.15) is 37.9 Å². The number of primary sulfonamides is 1. The van der Waals surface area contributed by atoms with Gasteiger partial charge in [-0.2, -0.15) is 0 Å². The second kappa shape index (κ2) is 10.4. The average Bonchev–Trinajstić information content (AvgIpc) is 2.68. The van der Waals surface area contributed by atoms with Gasteiger partial charge in [0.25, 0.3) is 0 Å². The van der Waals surface area contributed by atoms with E-state index in [0.717, 1.165) is 11.1 Å². The third-order valence-electron chi connectivity index (χ3n) is 4.45. The molecular formula is C21H29N3O5S. The van der Waals surface area contributed by atoms with E-state index in [4.69, 9.17) is 9.88 Å². The van der Waals surface area contributed by atoms with E-state index in [2.05, 4.69) is 5.32 Å². The zero-order valence-corrected chi connectivity index (χ0v) is 18.2. The van der Waals surface area contributed by atoms with Gasteiger partial charge in [-0.15, -0.1) is 0 Å². The molecule has 0 heterocycles. The average molecular weight is 436 g/mol. The van der Waals surface area contributed by atoms with Gasteiger partial charge in [0.1, 0.15) is 5.75 Å². The molecule has 0 unspecified atom stereocenters. The summed E-state index contributed by atoms with van der Waals surface area (Å²) in [5.41, 5.74) is 1.56. The maximum absolute atomic E-state index is 12.9. The van der Waals surface area contributed by atoms with E-state index < -0.39 is 16.1 Å². The van der Waals surface area contributed by atoms with Crippen LogP contribution in [-0.2, 0) is 16.6 Å². The summed E-state index contributed by atoms with van der Waals surface area (Å²) in [6.45, 7) is 6.21. The van der Waals surface area contributed by atoms with Crippen molar-refractivity contribution in [2.75, 3.05) is 13.2 Å². The fraction of sp³-hybridized carbons (Fsp3) is 0.381. The number of para-hydroxylation sites is 1. The zero-order valence-electron chi connectivity index (χ0n) is 17.4.